The molecule has 39 heavy (non-hydrogen) atoms. The van der Waals surface area contributed by atoms with Crippen molar-refractivity contribution in [3.05, 3.63) is 71.4 Å². The standard InChI is InChI=1S/C33H44N4O.CH4/c1-23-8-7-11-26(18-23)30(20-28(38)19-24-14-16-27(17-15-24)36-33(34)35)31-22-37(21-25-9-3-2-4-10-25)32-13-6-5-12-29(31)32;/h5-8,11-13,18,22,24-25,27,30H,2-4,9-10,14-17,19-21H2,1H3,(H4,34,35,36);1H4. The van der Waals surface area contributed by atoms with E-state index >= 15 is 0 Å². The van der Waals surface area contributed by atoms with E-state index in [1.54, 1.807) is 0 Å². The molecule has 0 spiro atoms. The minimum atomic E-state index is 0. The van der Waals surface area contributed by atoms with Gasteiger partial charge < -0.3 is 16.0 Å². The minimum absolute atomic E-state index is 0. The molecule has 210 valence electrons. The summed E-state index contributed by atoms with van der Waals surface area (Å²) in [7, 11) is 0. The maximum absolute atomic E-state index is 13.6. The Morgan fingerprint density at radius 1 is 0.949 bits per heavy atom. The van der Waals surface area contributed by atoms with Gasteiger partial charge in [-0.2, -0.15) is 0 Å². The number of Topliss-reactive ketones (excluding diaryl/α,β-unsaturated/α-hetero) is 1. The van der Waals surface area contributed by atoms with Gasteiger partial charge in [0.25, 0.3) is 0 Å². The van der Waals surface area contributed by atoms with Crippen molar-refractivity contribution in [3.63, 3.8) is 0 Å². The molecule has 5 heteroatoms. The van der Waals surface area contributed by atoms with Gasteiger partial charge in [-0.15, -0.1) is 0 Å². The van der Waals surface area contributed by atoms with Gasteiger partial charge in [0, 0.05) is 42.4 Å². The van der Waals surface area contributed by atoms with Gasteiger partial charge in [-0.1, -0.05) is 74.7 Å². The van der Waals surface area contributed by atoms with E-state index in [0.29, 0.717) is 24.5 Å². The van der Waals surface area contributed by atoms with Crippen molar-refractivity contribution >= 4 is 22.6 Å². The number of guanidine groups is 1. The van der Waals surface area contributed by atoms with Crippen LogP contribution in [0.1, 0.15) is 101 Å². The van der Waals surface area contributed by atoms with Gasteiger partial charge in [0.15, 0.2) is 5.96 Å². The average Bonchev–Trinajstić information content (AvgIpc) is 3.27. The second-order valence-corrected chi connectivity index (χ2v) is 11.9. The summed E-state index contributed by atoms with van der Waals surface area (Å²) in [6.07, 6.45) is 14.3. The lowest BCUT2D eigenvalue weighted by Crippen LogP contribution is -2.28. The number of nitrogens with zero attached hydrogens (tertiary/aromatic N) is 2. The van der Waals surface area contributed by atoms with Crippen LogP contribution in [0, 0.1) is 18.8 Å². The lowest BCUT2D eigenvalue weighted by atomic mass is 9.80. The van der Waals surface area contributed by atoms with Gasteiger partial charge in [0.2, 0.25) is 0 Å². The van der Waals surface area contributed by atoms with E-state index in [1.165, 1.54) is 59.7 Å². The molecule has 2 aliphatic carbocycles. The lowest BCUT2D eigenvalue weighted by Gasteiger charge is -2.26. The Bertz CT molecular complexity index is 1260. The molecule has 2 aromatic carbocycles. The number of fused-ring (bicyclic) bond motifs is 1. The predicted molar refractivity (Wildman–Crippen MR) is 164 cm³/mol. The van der Waals surface area contributed by atoms with E-state index in [0.717, 1.165) is 38.1 Å². The summed E-state index contributed by atoms with van der Waals surface area (Å²) >= 11 is 0. The molecule has 1 aromatic heterocycles. The molecular weight excluding hydrogens is 480 g/mol. The average molecular weight is 529 g/mol. The normalized spacial score (nSPS) is 20.7. The first-order valence-corrected chi connectivity index (χ1v) is 14.7. The summed E-state index contributed by atoms with van der Waals surface area (Å²) in [6.45, 7) is 3.22. The fourth-order valence-corrected chi connectivity index (χ4v) is 6.97. The van der Waals surface area contributed by atoms with Crippen molar-refractivity contribution in [2.24, 2.45) is 28.3 Å². The first-order valence-electron chi connectivity index (χ1n) is 14.7. The predicted octanol–water partition coefficient (Wildman–Crippen LogP) is 7.48. The highest BCUT2D eigenvalue weighted by molar-refractivity contribution is 5.87. The minimum Gasteiger partial charge on any atom is -0.370 e. The molecule has 0 radical (unpaired) electrons. The summed E-state index contributed by atoms with van der Waals surface area (Å²) in [6, 6.07) is 17.8. The van der Waals surface area contributed by atoms with Crippen molar-refractivity contribution in [2.75, 3.05) is 0 Å². The second kappa shape index (κ2) is 13.3. The molecule has 1 atom stereocenters. The molecular formula is C34H48N4O. The van der Waals surface area contributed by atoms with E-state index in [4.69, 9.17) is 11.5 Å². The number of rotatable bonds is 9. The zero-order valence-electron chi connectivity index (χ0n) is 22.9. The fraction of sp³-hybridized carbons (Fsp3) is 0.529. The van der Waals surface area contributed by atoms with E-state index in [9.17, 15) is 4.79 Å². The molecule has 2 aliphatic rings. The van der Waals surface area contributed by atoms with Crippen molar-refractivity contribution in [1.29, 1.82) is 0 Å². The van der Waals surface area contributed by atoms with Crippen LogP contribution >= 0.6 is 0 Å². The number of carbonyl (C=O) groups excluding carboxylic acids is 1. The number of carbonyl (C=O) groups is 1. The Kier molecular flexibility index (Phi) is 9.88. The molecule has 2 fully saturated rings. The Morgan fingerprint density at radius 2 is 1.69 bits per heavy atom. The van der Waals surface area contributed by atoms with Crippen LogP contribution in [0.5, 0.6) is 0 Å². The third-order valence-corrected chi connectivity index (χ3v) is 8.92. The summed E-state index contributed by atoms with van der Waals surface area (Å²) in [4.78, 5) is 17.9. The molecule has 3 aromatic rings. The SMILES string of the molecule is C.Cc1cccc(C(CC(=O)CC2CCC(N=C(N)N)CC2)c2cn(CC3CCCCC3)c3ccccc23)c1. The number of hydrogen-bond donors (Lipinski definition) is 2. The molecule has 1 unspecified atom stereocenters. The van der Waals surface area contributed by atoms with Gasteiger partial charge in [0.1, 0.15) is 5.78 Å². The first-order chi connectivity index (χ1) is 18.5. The van der Waals surface area contributed by atoms with Crippen molar-refractivity contribution in [1.82, 2.24) is 4.57 Å². The molecule has 2 saturated carbocycles. The van der Waals surface area contributed by atoms with Gasteiger partial charge >= 0.3 is 0 Å². The van der Waals surface area contributed by atoms with Crippen molar-refractivity contribution in [3.8, 4) is 0 Å². The van der Waals surface area contributed by atoms with Crippen LogP contribution in [-0.4, -0.2) is 22.4 Å². The quantitative estimate of drug-likeness (QED) is 0.223. The van der Waals surface area contributed by atoms with Crippen LogP contribution < -0.4 is 11.5 Å². The molecule has 5 rings (SSSR count). The third kappa shape index (κ3) is 7.32. The number of benzene rings is 2. The third-order valence-electron chi connectivity index (χ3n) is 8.92. The van der Waals surface area contributed by atoms with E-state index in [1.807, 2.05) is 0 Å². The number of aliphatic imine (C=N–C) groups is 1. The van der Waals surface area contributed by atoms with Crippen molar-refractivity contribution < 1.29 is 4.79 Å². The Labute approximate surface area is 235 Å². The fourth-order valence-electron chi connectivity index (χ4n) is 6.97. The number of ketones is 1. The van der Waals surface area contributed by atoms with Gasteiger partial charge in [-0.05, 0) is 74.5 Å². The maximum Gasteiger partial charge on any atom is 0.186 e. The highest BCUT2D eigenvalue weighted by Gasteiger charge is 2.27. The summed E-state index contributed by atoms with van der Waals surface area (Å²) in [5.41, 5.74) is 16.2. The van der Waals surface area contributed by atoms with Gasteiger partial charge in [-0.3, -0.25) is 9.79 Å². The molecule has 0 aliphatic heterocycles. The molecule has 0 saturated heterocycles. The highest BCUT2D eigenvalue weighted by Crippen LogP contribution is 2.38. The Hall–Kier alpha value is -3.08. The zero-order chi connectivity index (χ0) is 26.5. The number of para-hydroxylation sites is 1. The highest BCUT2D eigenvalue weighted by atomic mass is 16.1. The molecule has 4 N–H and O–H groups in total. The molecule has 1 heterocycles. The largest absolute Gasteiger partial charge is 0.370 e. The number of hydrogen-bond acceptors (Lipinski definition) is 2. The van der Waals surface area contributed by atoms with E-state index < -0.39 is 0 Å². The first kappa shape index (κ1) is 28.9. The number of aryl methyl sites for hydroxylation is 1. The van der Waals surface area contributed by atoms with Crippen LogP contribution in [0.25, 0.3) is 10.9 Å². The lowest BCUT2D eigenvalue weighted by molar-refractivity contribution is -0.120. The summed E-state index contributed by atoms with van der Waals surface area (Å²) in [5.74, 6) is 1.79. The molecule has 5 nitrogen and oxygen atoms in total. The summed E-state index contributed by atoms with van der Waals surface area (Å²) in [5, 5.41) is 1.29. The van der Waals surface area contributed by atoms with Gasteiger partial charge in [0.05, 0.1) is 6.04 Å². The van der Waals surface area contributed by atoms with Crippen LogP contribution in [0.3, 0.4) is 0 Å². The second-order valence-electron chi connectivity index (χ2n) is 11.9. The Balaban J connectivity index is 0.00000353. The van der Waals surface area contributed by atoms with E-state index in [2.05, 4.69) is 71.2 Å². The van der Waals surface area contributed by atoms with Crippen molar-refractivity contribution in [2.45, 2.75) is 103 Å². The monoisotopic (exact) mass is 528 g/mol. The molecule has 0 bridgehead atoms. The van der Waals surface area contributed by atoms with E-state index in [-0.39, 0.29) is 25.3 Å². The number of aromatic nitrogens is 1. The van der Waals surface area contributed by atoms with Crippen LogP contribution in [0.2, 0.25) is 0 Å². The van der Waals surface area contributed by atoms with Gasteiger partial charge in [-0.25, -0.2) is 0 Å². The van der Waals surface area contributed by atoms with Crippen LogP contribution in [0.15, 0.2) is 59.7 Å². The zero-order valence-corrected chi connectivity index (χ0v) is 22.9. The number of nitrogens with two attached hydrogens (primary N) is 2. The topological polar surface area (TPSA) is 86.4 Å². The summed E-state index contributed by atoms with van der Waals surface area (Å²) < 4.78 is 2.48. The molecule has 0 amide bonds. The Morgan fingerprint density at radius 3 is 2.41 bits per heavy atom. The smallest absolute Gasteiger partial charge is 0.186 e. The van der Waals surface area contributed by atoms with Crippen LogP contribution in [-0.2, 0) is 11.3 Å². The maximum atomic E-state index is 13.6. The van der Waals surface area contributed by atoms with Crippen LogP contribution in [0.4, 0.5) is 0 Å².